The topological polar surface area (TPSA) is 106 Å². The quantitative estimate of drug-likeness (QED) is 0.344. The van der Waals surface area contributed by atoms with Gasteiger partial charge < -0.3 is 19.6 Å². The maximum atomic E-state index is 15.4. The molecule has 2 N–H and O–H groups in total. The minimum Gasteiger partial charge on any atom is -0.452 e. The van der Waals surface area contributed by atoms with E-state index in [2.05, 4.69) is 20.9 Å². The monoisotopic (exact) mass is 525 g/mol. The van der Waals surface area contributed by atoms with E-state index in [4.69, 9.17) is 19.6 Å². The maximum absolute atomic E-state index is 15.4. The third-order valence-corrected chi connectivity index (χ3v) is 10.4. The molecule has 31 heavy (non-hydrogen) atoms. The normalized spacial score (nSPS) is 24.3. The molecule has 0 radical (unpaired) electrons. The Labute approximate surface area is 189 Å². The SMILES string of the molecule is CC(C)(Br)C(=O)OC1[C@@H](CO[Si](C)(C)C(C)(C)C)O[C@@H](n2ccc(N)nc2=O)C1(F)F. The number of ether oxygens (including phenoxy) is 2. The Morgan fingerprint density at radius 1 is 1.35 bits per heavy atom. The highest BCUT2D eigenvalue weighted by molar-refractivity contribution is 9.10. The zero-order chi connectivity index (χ0) is 24.0. The molecule has 1 aromatic rings. The maximum Gasteiger partial charge on any atom is 0.351 e. The van der Waals surface area contributed by atoms with Crippen LogP contribution in [0.5, 0.6) is 0 Å². The summed E-state index contributed by atoms with van der Waals surface area (Å²) in [6.45, 7) is 12.7. The van der Waals surface area contributed by atoms with Crippen LogP contribution in [0.15, 0.2) is 17.1 Å². The largest absolute Gasteiger partial charge is 0.452 e. The van der Waals surface area contributed by atoms with Gasteiger partial charge in [0.2, 0.25) is 6.23 Å². The first-order chi connectivity index (χ1) is 13.9. The lowest BCUT2D eigenvalue weighted by Gasteiger charge is -2.37. The molecule has 2 heterocycles. The molecule has 12 heteroatoms. The Kier molecular flexibility index (Phi) is 7.12. The molecule has 2 rings (SSSR count). The van der Waals surface area contributed by atoms with Crippen LogP contribution in [-0.2, 0) is 18.7 Å². The molecular formula is C19H30BrF2N3O5Si. The van der Waals surface area contributed by atoms with Crippen molar-refractivity contribution in [2.75, 3.05) is 12.3 Å². The first kappa shape index (κ1) is 25.9. The highest BCUT2D eigenvalue weighted by Gasteiger charge is 2.63. The molecule has 3 atom stereocenters. The van der Waals surface area contributed by atoms with Gasteiger partial charge in [0.05, 0.1) is 6.61 Å². The smallest absolute Gasteiger partial charge is 0.351 e. The molecule has 1 aliphatic rings. The lowest BCUT2D eigenvalue weighted by atomic mass is 10.1. The van der Waals surface area contributed by atoms with Crippen LogP contribution < -0.4 is 11.4 Å². The van der Waals surface area contributed by atoms with Gasteiger partial charge >= 0.3 is 17.6 Å². The van der Waals surface area contributed by atoms with E-state index in [0.717, 1.165) is 6.20 Å². The number of esters is 1. The average molecular weight is 526 g/mol. The van der Waals surface area contributed by atoms with Gasteiger partial charge in [0, 0.05) is 6.20 Å². The van der Waals surface area contributed by atoms with Crippen LogP contribution in [0, 0.1) is 0 Å². The number of rotatable bonds is 6. The van der Waals surface area contributed by atoms with Crippen molar-refractivity contribution >= 4 is 36.0 Å². The molecule has 0 amide bonds. The summed E-state index contributed by atoms with van der Waals surface area (Å²) in [6, 6.07) is 1.21. The molecule has 1 fully saturated rings. The van der Waals surface area contributed by atoms with Crippen LogP contribution in [-0.4, -0.2) is 52.9 Å². The van der Waals surface area contributed by atoms with Crippen LogP contribution in [0.3, 0.4) is 0 Å². The minimum atomic E-state index is -3.73. The summed E-state index contributed by atoms with van der Waals surface area (Å²) < 4.78 is 47.1. The Hall–Kier alpha value is -1.37. The second kappa shape index (κ2) is 8.52. The van der Waals surface area contributed by atoms with Crippen molar-refractivity contribution in [1.29, 1.82) is 0 Å². The number of nitrogens with two attached hydrogens (primary N) is 1. The lowest BCUT2D eigenvalue weighted by molar-refractivity contribution is -0.178. The summed E-state index contributed by atoms with van der Waals surface area (Å²) in [5.74, 6) is -4.72. The van der Waals surface area contributed by atoms with Gasteiger partial charge in [-0.1, -0.05) is 36.7 Å². The Balaban J connectivity index is 2.40. The standard InChI is InChI=1S/C19H30BrF2N3O5Si/c1-17(2,3)31(6,7)28-10-11-13(30-15(26)18(4,5)20)19(21,22)14(29-11)25-9-8-12(23)24-16(25)27/h8-9,11,13-14H,10H2,1-7H3,(H2,23,24,27)/t11-,13?,14-/m1/s1. The van der Waals surface area contributed by atoms with Crippen molar-refractivity contribution in [2.45, 2.75) is 81.4 Å². The summed E-state index contributed by atoms with van der Waals surface area (Å²) in [5.41, 5.74) is 4.46. The molecule has 1 saturated heterocycles. The van der Waals surface area contributed by atoms with Gasteiger partial charge in [0.1, 0.15) is 16.2 Å². The molecule has 1 aromatic heterocycles. The van der Waals surface area contributed by atoms with E-state index in [-0.39, 0.29) is 17.5 Å². The van der Waals surface area contributed by atoms with Crippen molar-refractivity contribution in [2.24, 2.45) is 0 Å². The van der Waals surface area contributed by atoms with Crippen LogP contribution in [0.2, 0.25) is 18.1 Å². The number of anilines is 1. The fraction of sp³-hybridized carbons (Fsp3) is 0.737. The first-order valence-corrected chi connectivity index (χ1v) is 13.5. The number of carbonyl (C=O) groups excluding carboxylic acids is 1. The van der Waals surface area contributed by atoms with Crippen LogP contribution in [0.25, 0.3) is 0 Å². The molecule has 1 aliphatic heterocycles. The second-order valence-corrected chi connectivity index (χ2v) is 16.4. The molecule has 0 aliphatic carbocycles. The van der Waals surface area contributed by atoms with Gasteiger partial charge in [-0.3, -0.25) is 9.36 Å². The van der Waals surface area contributed by atoms with E-state index in [9.17, 15) is 9.59 Å². The van der Waals surface area contributed by atoms with Gasteiger partial charge in [-0.25, -0.2) is 4.79 Å². The molecule has 0 saturated carbocycles. The minimum absolute atomic E-state index is 0.107. The van der Waals surface area contributed by atoms with E-state index in [1.54, 1.807) is 0 Å². The predicted molar refractivity (Wildman–Crippen MR) is 118 cm³/mol. The summed E-state index contributed by atoms with van der Waals surface area (Å²) in [5, 5.41) is -0.171. The van der Waals surface area contributed by atoms with E-state index in [0.29, 0.717) is 4.57 Å². The zero-order valence-electron chi connectivity index (χ0n) is 18.7. The highest BCUT2D eigenvalue weighted by atomic mass is 79.9. The van der Waals surface area contributed by atoms with E-state index < -0.39 is 48.7 Å². The number of aromatic nitrogens is 2. The molecular weight excluding hydrogens is 496 g/mol. The Bertz CT molecular complexity index is 883. The number of alkyl halides is 3. The van der Waals surface area contributed by atoms with E-state index >= 15 is 8.78 Å². The van der Waals surface area contributed by atoms with Gasteiger partial charge in [-0.2, -0.15) is 13.8 Å². The number of nitrogen functional groups attached to an aromatic ring is 1. The van der Waals surface area contributed by atoms with Crippen molar-refractivity contribution < 1.29 is 27.5 Å². The highest BCUT2D eigenvalue weighted by Crippen LogP contribution is 2.45. The Morgan fingerprint density at radius 3 is 2.42 bits per heavy atom. The summed E-state index contributed by atoms with van der Waals surface area (Å²) in [7, 11) is -2.32. The summed E-state index contributed by atoms with van der Waals surface area (Å²) in [4.78, 5) is 28.0. The Morgan fingerprint density at radius 2 is 1.94 bits per heavy atom. The molecule has 0 aromatic carbocycles. The van der Waals surface area contributed by atoms with Gasteiger partial charge in [-0.15, -0.1) is 0 Å². The van der Waals surface area contributed by atoms with Crippen LogP contribution >= 0.6 is 15.9 Å². The predicted octanol–water partition coefficient (Wildman–Crippen LogP) is 3.47. The van der Waals surface area contributed by atoms with Gasteiger partial charge in [0.15, 0.2) is 14.4 Å². The number of hydrogen-bond acceptors (Lipinski definition) is 7. The molecule has 8 nitrogen and oxygen atoms in total. The van der Waals surface area contributed by atoms with Crippen molar-refractivity contribution in [3.63, 3.8) is 0 Å². The van der Waals surface area contributed by atoms with Crippen LogP contribution in [0.1, 0.15) is 40.8 Å². The van der Waals surface area contributed by atoms with Crippen molar-refractivity contribution in [3.05, 3.63) is 22.7 Å². The molecule has 0 bridgehead atoms. The molecule has 176 valence electrons. The molecule has 0 spiro atoms. The average Bonchev–Trinajstić information content (AvgIpc) is 2.82. The van der Waals surface area contributed by atoms with Crippen molar-refractivity contribution in [1.82, 2.24) is 9.55 Å². The zero-order valence-corrected chi connectivity index (χ0v) is 21.3. The number of halogens is 3. The third-order valence-electron chi connectivity index (χ3n) is 5.59. The summed E-state index contributed by atoms with van der Waals surface area (Å²) in [6.07, 6.45) is -4.21. The fourth-order valence-electron chi connectivity index (χ4n) is 2.61. The second-order valence-electron chi connectivity index (χ2n) is 9.61. The van der Waals surface area contributed by atoms with Gasteiger partial charge in [-0.05, 0) is 38.0 Å². The van der Waals surface area contributed by atoms with Crippen LogP contribution in [0.4, 0.5) is 14.6 Å². The van der Waals surface area contributed by atoms with E-state index in [1.807, 2.05) is 33.9 Å². The van der Waals surface area contributed by atoms with E-state index in [1.165, 1.54) is 19.9 Å². The summed E-state index contributed by atoms with van der Waals surface area (Å²) >= 11 is 3.12. The first-order valence-electron chi connectivity index (χ1n) is 9.80. The number of carbonyl (C=O) groups is 1. The van der Waals surface area contributed by atoms with Gasteiger partial charge in [0.25, 0.3) is 0 Å². The lowest BCUT2D eigenvalue weighted by Crippen LogP contribution is -2.48. The molecule has 1 unspecified atom stereocenters. The van der Waals surface area contributed by atoms with Crippen molar-refractivity contribution in [3.8, 4) is 0 Å². The number of nitrogens with zero attached hydrogens (tertiary/aromatic N) is 2. The third kappa shape index (κ3) is 5.52. The fourth-order valence-corrected chi connectivity index (χ4v) is 3.72. The number of hydrogen-bond donors (Lipinski definition) is 1.